The first-order valence-corrected chi connectivity index (χ1v) is 7.41. The second-order valence-corrected chi connectivity index (χ2v) is 5.45. The van der Waals surface area contributed by atoms with Crippen molar-refractivity contribution < 1.29 is 9.90 Å². The third-order valence-corrected chi connectivity index (χ3v) is 4.07. The molecule has 0 saturated carbocycles. The fraction of sp³-hybridized carbons (Fsp3) is 0.562. The van der Waals surface area contributed by atoms with E-state index in [0.717, 1.165) is 39.0 Å². The van der Waals surface area contributed by atoms with E-state index in [1.165, 1.54) is 5.56 Å². The van der Waals surface area contributed by atoms with Gasteiger partial charge in [-0.3, -0.25) is 14.6 Å². The van der Waals surface area contributed by atoms with Crippen LogP contribution in [0.5, 0.6) is 0 Å². The predicted molar refractivity (Wildman–Crippen MR) is 86.9 cm³/mol. The summed E-state index contributed by atoms with van der Waals surface area (Å²) in [6.45, 7) is 6.12. The Morgan fingerprint density at radius 3 is 2.43 bits per heavy atom. The van der Waals surface area contributed by atoms with Crippen LogP contribution in [0.15, 0.2) is 30.3 Å². The quantitative estimate of drug-likeness (QED) is 0.876. The van der Waals surface area contributed by atoms with Crippen LogP contribution in [-0.4, -0.2) is 53.1 Å². The summed E-state index contributed by atoms with van der Waals surface area (Å²) in [6, 6.07) is 10.9. The van der Waals surface area contributed by atoms with Crippen molar-refractivity contribution in [1.29, 1.82) is 0 Å². The summed E-state index contributed by atoms with van der Waals surface area (Å²) in [7, 11) is 0. The molecule has 1 aromatic rings. The van der Waals surface area contributed by atoms with E-state index < -0.39 is 5.97 Å². The van der Waals surface area contributed by atoms with Crippen molar-refractivity contribution in [1.82, 2.24) is 9.80 Å². The topological polar surface area (TPSA) is 43.8 Å². The molecule has 0 unspecified atom stereocenters. The number of nitrogens with zero attached hydrogens (tertiary/aromatic N) is 2. The maximum absolute atomic E-state index is 10.9. The van der Waals surface area contributed by atoms with Crippen molar-refractivity contribution in [2.45, 2.75) is 32.4 Å². The SMILES string of the molecule is CCN(CC(=O)O)C1CCN(Cc2ccccc2)CC1.Cl. The zero-order chi connectivity index (χ0) is 14.4. The average molecular weight is 313 g/mol. The van der Waals surface area contributed by atoms with Gasteiger partial charge < -0.3 is 5.11 Å². The van der Waals surface area contributed by atoms with Crippen LogP contribution in [-0.2, 0) is 11.3 Å². The van der Waals surface area contributed by atoms with E-state index in [9.17, 15) is 4.79 Å². The summed E-state index contributed by atoms with van der Waals surface area (Å²) in [5.41, 5.74) is 1.35. The Bertz CT molecular complexity index is 420. The van der Waals surface area contributed by atoms with Crippen molar-refractivity contribution in [3.63, 3.8) is 0 Å². The van der Waals surface area contributed by atoms with E-state index in [0.29, 0.717) is 6.04 Å². The smallest absolute Gasteiger partial charge is 0.317 e. The molecule has 1 saturated heterocycles. The molecule has 1 aromatic carbocycles. The molecule has 1 heterocycles. The van der Waals surface area contributed by atoms with Gasteiger partial charge in [-0.2, -0.15) is 0 Å². The van der Waals surface area contributed by atoms with Gasteiger partial charge in [0.15, 0.2) is 0 Å². The molecule has 0 radical (unpaired) electrons. The largest absolute Gasteiger partial charge is 0.480 e. The lowest BCUT2D eigenvalue weighted by molar-refractivity contribution is -0.139. The monoisotopic (exact) mass is 312 g/mol. The molecule has 0 amide bonds. The lowest BCUT2D eigenvalue weighted by Gasteiger charge is -2.37. The molecule has 5 heteroatoms. The highest BCUT2D eigenvalue weighted by molar-refractivity contribution is 5.85. The Morgan fingerprint density at radius 2 is 1.90 bits per heavy atom. The van der Waals surface area contributed by atoms with Gasteiger partial charge in [-0.1, -0.05) is 37.3 Å². The highest BCUT2D eigenvalue weighted by Gasteiger charge is 2.24. The first-order valence-electron chi connectivity index (χ1n) is 7.41. The molecular weight excluding hydrogens is 288 g/mol. The Balaban J connectivity index is 0.00000220. The Hall–Kier alpha value is -1.10. The molecule has 0 aliphatic carbocycles. The van der Waals surface area contributed by atoms with Crippen molar-refractivity contribution in [2.75, 3.05) is 26.2 Å². The number of carboxylic acids is 1. The number of likely N-dealkylation sites (N-methyl/N-ethyl adjacent to an activating group) is 1. The fourth-order valence-electron chi connectivity index (χ4n) is 2.96. The van der Waals surface area contributed by atoms with E-state index in [-0.39, 0.29) is 19.0 Å². The first kappa shape index (κ1) is 18.0. The fourth-order valence-corrected chi connectivity index (χ4v) is 2.96. The van der Waals surface area contributed by atoms with Gasteiger partial charge in [-0.25, -0.2) is 0 Å². The van der Waals surface area contributed by atoms with Gasteiger partial charge in [-0.15, -0.1) is 12.4 Å². The molecule has 4 nitrogen and oxygen atoms in total. The Labute approximate surface area is 133 Å². The van der Waals surface area contributed by atoms with Crippen molar-refractivity contribution >= 4 is 18.4 Å². The molecular formula is C16H25ClN2O2. The van der Waals surface area contributed by atoms with E-state index in [4.69, 9.17) is 5.11 Å². The maximum Gasteiger partial charge on any atom is 0.317 e. The van der Waals surface area contributed by atoms with Crippen LogP contribution < -0.4 is 0 Å². The minimum absolute atomic E-state index is 0. The molecule has 1 aliphatic heterocycles. The number of hydrogen-bond acceptors (Lipinski definition) is 3. The van der Waals surface area contributed by atoms with Crippen LogP contribution in [0.4, 0.5) is 0 Å². The van der Waals surface area contributed by atoms with Gasteiger partial charge in [0.25, 0.3) is 0 Å². The van der Waals surface area contributed by atoms with Crippen LogP contribution >= 0.6 is 12.4 Å². The van der Waals surface area contributed by atoms with Crippen molar-refractivity contribution in [3.05, 3.63) is 35.9 Å². The highest BCUT2D eigenvalue weighted by atomic mass is 35.5. The Kier molecular flexibility index (Phi) is 7.72. The van der Waals surface area contributed by atoms with E-state index in [1.807, 2.05) is 13.0 Å². The number of rotatable bonds is 6. The number of likely N-dealkylation sites (tertiary alicyclic amines) is 1. The normalized spacial score (nSPS) is 16.7. The third kappa shape index (κ3) is 5.65. The molecule has 0 bridgehead atoms. The second kappa shape index (κ2) is 9.03. The second-order valence-electron chi connectivity index (χ2n) is 5.45. The van der Waals surface area contributed by atoms with E-state index in [1.54, 1.807) is 0 Å². The molecule has 1 N–H and O–H groups in total. The average Bonchev–Trinajstić information content (AvgIpc) is 2.46. The minimum Gasteiger partial charge on any atom is -0.480 e. The number of aliphatic carboxylic acids is 1. The van der Waals surface area contributed by atoms with Crippen molar-refractivity contribution in [2.24, 2.45) is 0 Å². The van der Waals surface area contributed by atoms with Crippen LogP contribution in [0.2, 0.25) is 0 Å². The Morgan fingerprint density at radius 1 is 1.29 bits per heavy atom. The number of halogens is 1. The summed E-state index contributed by atoms with van der Waals surface area (Å²) in [6.07, 6.45) is 2.13. The number of hydrogen-bond donors (Lipinski definition) is 1. The molecule has 1 aliphatic rings. The van der Waals surface area contributed by atoms with Crippen LogP contribution in [0.1, 0.15) is 25.3 Å². The van der Waals surface area contributed by atoms with E-state index in [2.05, 4.69) is 34.1 Å². The zero-order valence-electron chi connectivity index (χ0n) is 12.6. The summed E-state index contributed by atoms with van der Waals surface area (Å²) in [5.74, 6) is -0.724. The van der Waals surface area contributed by atoms with E-state index >= 15 is 0 Å². The molecule has 1 fully saturated rings. The van der Waals surface area contributed by atoms with Crippen LogP contribution in [0, 0.1) is 0 Å². The standard InChI is InChI=1S/C16H24N2O2.ClH/c1-2-18(13-16(19)20)15-8-10-17(11-9-15)12-14-6-4-3-5-7-14;/h3-7,15H,2,8-13H2,1H3,(H,19,20);1H. The summed E-state index contributed by atoms with van der Waals surface area (Å²) >= 11 is 0. The lowest BCUT2D eigenvalue weighted by atomic mass is 10.0. The van der Waals surface area contributed by atoms with Gasteiger partial charge in [0, 0.05) is 12.6 Å². The van der Waals surface area contributed by atoms with Gasteiger partial charge in [-0.05, 0) is 38.0 Å². The number of piperidine rings is 1. The van der Waals surface area contributed by atoms with Gasteiger partial charge in [0.2, 0.25) is 0 Å². The first-order chi connectivity index (χ1) is 9.69. The third-order valence-electron chi connectivity index (χ3n) is 4.07. The number of carbonyl (C=O) groups is 1. The highest BCUT2D eigenvalue weighted by Crippen LogP contribution is 2.18. The molecule has 0 aromatic heterocycles. The maximum atomic E-state index is 10.9. The molecule has 0 spiro atoms. The summed E-state index contributed by atoms with van der Waals surface area (Å²) < 4.78 is 0. The summed E-state index contributed by atoms with van der Waals surface area (Å²) in [4.78, 5) is 15.4. The molecule has 2 rings (SSSR count). The number of carboxylic acid groups (broad SMARTS) is 1. The lowest BCUT2D eigenvalue weighted by Crippen LogP contribution is -2.46. The van der Waals surface area contributed by atoms with Gasteiger partial charge >= 0.3 is 5.97 Å². The summed E-state index contributed by atoms with van der Waals surface area (Å²) in [5, 5.41) is 8.94. The minimum atomic E-state index is -0.724. The molecule has 21 heavy (non-hydrogen) atoms. The van der Waals surface area contributed by atoms with Crippen LogP contribution in [0.25, 0.3) is 0 Å². The van der Waals surface area contributed by atoms with Gasteiger partial charge in [0.1, 0.15) is 0 Å². The number of benzene rings is 1. The van der Waals surface area contributed by atoms with Crippen molar-refractivity contribution in [3.8, 4) is 0 Å². The predicted octanol–water partition coefficient (Wildman–Crippen LogP) is 2.48. The zero-order valence-corrected chi connectivity index (χ0v) is 13.4. The van der Waals surface area contributed by atoms with Crippen LogP contribution in [0.3, 0.4) is 0 Å². The van der Waals surface area contributed by atoms with Gasteiger partial charge in [0.05, 0.1) is 6.54 Å². The molecule has 0 atom stereocenters. The molecule has 118 valence electrons.